The minimum absolute atomic E-state index is 0.179. The van der Waals surface area contributed by atoms with E-state index in [0.717, 1.165) is 23.4 Å². The number of ether oxygens (including phenoxy) is 1. The van der Waals surface area contributed by atoms with Crippen LogP contribution in [-0.2, 0) is 6.54 Å². The van der Waals surface area contributed by atoms with Crippen LogP contribution >= 0.6 is 0 Å². The smallest absolute Gasteiger partial charge is 0.123 e. The Morgan fingerprint density at radius 3 is 2.57 bits per heavy atom. The molecular formula is C18H24N2O. The van der Waals surface area contributed by atoms with Crippen molar-refractivity contribution in [2.24, 2.45) is 5.73 Å². The Kier molecular flexibility index (Phi) is 4.99. The first kappa shape index (κ1) is 15.5. The van der Waals surface area contributed by atoms with Gasteiger partial charge in [0.05, 0.1) is 13.2 Å². The standard InChI is InChI=1S/C18H24N2O/c1-13-8-9-17(21-4)16(10-13)18(19)15-7-5-6-14(11-15)12-20(2)3/h5-11,18H,12,19H2,1-4H3. The zero-order valence-corrected chi connectivity index (χ0v) is 13.3. The highest BCUT2D eigenvalue weighted by Crippen LogP contribution is 2.29. The fourth-order valence-corrected chi connectivity index (χ4v) is 2.53. The largest absolute Gasteiger partial charge is 0.496 e. The zero-order valence-electron chi connectivity index (χ0n) is 13.3. The third kappa shape index (κ3) is 3.84. The number of nitrogens with two attached hydrogens (primary N) is 1. The van der Waals surface area contributed by atoms with Gasteiger partial charge < -0.3 is 15.4 Å². The number of nitrogens with zero attached hydrogens (tertiary/aromatic N) is 1. The summed E-state index contributed by atoms with van der Waals surface area (Å²) in [7, 11) is 5.82. The van der Waals surface area contributed by atoms with E-state index in [1.807, 2.05) is 12.1 Å². The van der Waals surface area contributed by atoms with E-state index in [9.17, 15) is 0 Å². The molecule has 1 atom stereocenters. The van der Waals surface area contributed by atoms with Crippen LogP contribution in [0.1, 0.15) is 28.3 Å². The van der Waals surface area contributed by atoms with Crippen molar-refractivity contribution in [3.8, 4) is 5.75 Å². The van der Waals surface area contributed by atoms with Gasteiger partial charge in [0.15, 0.2) is 0 Å². The Hall–Kier alpha value is -1.84. The number of methoxy groups -OCH3 is 1. The zero-order chi connectivity index (χ0) is 15.4. The number of rotatable bonds is 5. The lowest BCUT2D eigenvalue weighted by atomic mass is 9.96. The van der Waals surface area contributed by atoms with Gasteiger partial charge in [-0.3, -0.25) is 0 Å². The topological polar surface area (TPSA) is 38.5 Å². The van der Waals surface area contributed by atoms with Crippen molar-refractivity contribution in [3.05, 3.63) is 64.7 Å². The van der Waals surface area contributed by atoms with Gasteiger partial charge in [-0.15, -0.1) is 0 Å². The second kappa shape index (κ2) is 6.74. The molecule has 112 valence electrons. The highest BCUT2D eigenvalue weighted by Gasteiger charge is 2.14. The van der Waals surface area contributed by atoms with E-state index in [0.29, 0.717) is 0 Å². The van der Waals surface area contributed by atoms with Crippen molar-refractivity contribution in [2.75, 3.05) is 21.2 Å². The first-order valence-electron chi connectivity index (χ1n) is 7.15. The van der Waals surface area contributed by atoms with Crippen molar-refractivity contribution >= 4 is 0 Å². The molecular weight excluding hydrogens is 260 g/mol. The maximum absolute atomic E-state index is 6.47. The second-order valence-electron chi connectivity index (χ2n) is 5.71. The van der Waals surface area contributed by atoms with Gasteiger partial charge >= 0.3 is 0 Å². The van der Waals surface area contributed by atoms with Crippen LogP contribution in [-0.4, -0.2) is 26.1 Å². The van der Waals surface area contributed by atoms with Crippen molar-refractivity contribution in [1.29, 1.82) is 0 Å². The van der Waals surface area contributed by atoms with Gasteiger partial charge in [0, 0.05) is 12.1 Å². The molecule has 2 aromatic rings. The van der Waals surface area contributed by atoms with Crippen LogP contribution in [0, 0.1) is 6.92 Å². The molecule has 0 aliphatic carbocycles. The van der Waals surface area contributed by atoms with Crippen LogP contribution < -0.4 is 10.5 Å². The van der Waals surface area contributed by atoms with Crippen molar-refractivity contribution in [3.63, 3.8) is 0 Å². The summed E-state index contributed by atoms with van der Waals surface area (Å²) in [5, 5.41) is 0. The van der Waals surface area contributed by atoms with Crippen LogP contribution in [0.25, 0.3) is 0 Å². The minimum atomic E-state index is -0.179. The summed E-state index contributed by atoms with van der Waals surface area (Å²) in [4.78, 5) is 2.15. The summed E-state index contributed by atoms with van der Waals surface area (Å²) in [6, 6.07) is 14.4. The lowest BCUT2D eigenvalue weighted by Crippen LogP contribution is -2.15. The van der Waals surface area contributed by atoms with E-state index < -0.39 is 0 Å². The molecule has 3 heteroatoms. The quantitative estimate of drug-likeness (QED) is 0.917. The Bertz CT molecular complexity index is 608. The van der Waals surface area contributed by atoms with E-state index >= 15 is 0 Å². The molecule has 0 radical (unpaired) electrons. The molecule has 2 aromatic carbocycles. The monoisotopic (exact) mass is 284 g/mol. The average Bonchev–Trinajstić information content (AvgIpc) is 2.46. The Balaban J connectivity index is 2.35. The SMILES string of the molecule is COc1ccc(C)cc1C(N)c1cccc(CN(C)C)c1. The van der Waals surface area contributed by atoms with E-state index in [4.69, 9.17) is 10.5 Å². The Labute approximate surface area is 127 Å². The second-order valence-corrected chi connectivity index (χ2v) is 5.71. The number of hydrogen-bond donors (Lipinski definition) is 1. The van der Waals surface area contributed by atoms with Crippen LogP contribution in [0.15, 0.2) is 42.5 Å². The summed E-state index contributed by atoms with van der Waals surface area (Å²) in [5.74, 6) is 0.839. The predicted octanol–water partition coefficient (Wildman–Crippen LogP) is 3.11. The molecule has 2 N–H and O–H groups in total. The molecule has 0 aliphatic rings. The molecule has 0 aliphatic heterocycles. The van der Waals surface area contributed by atoms with E-state index in [-0.39, 0.29) is 6.04 Å². The molecule has 0 saturated heterocycles. The Morgan fingerprint density at radius 1 is 1.14 bits per heavy atom. The van der Waals surface area contributed by atoms with Gasteiger partial charge in [-0.2, -0.15) is 0 Å². The summed E-state index contributed by atoms with van der Waals surface area (Å²) in [6.45, 7) is 2.98. The molecule has 0 spiro atoms. The summed E-state index contributed by atoms with van der Waals surface area (Å²) in [6.07, 6.45) is 0. The lowest BCUT2D eigenvalue weighted by Gasteiger charge is -2.18. The first-order valence-corrected chi connectivity index (χ1v) is 7.15. The van der Waals surface area contributed by atoms with Gasteiger partial charge in [-0.1, -0.05) is 42.0 Å². The van der Waals surface area contributed by atoms with Gasteiger partial charge in [0.2, 0.25) is 0 Å². The first-order chi connectivity index (χ1) is 10.0. The average molecular weight is 284 g/mol. The molecule has 0 heterocycles. The molecule has 0 aromatic heterocycles. The maximum Gasteiger partial charge on any atom is 0.123 e. The normalized spacial score (nSPS) is 12.5. The van der Waals surface area contributed by atoms with Crippen LogP contribution in [0.4, 0.5) is 0 Å². The summed E-state index contributed by atoms with van der Waals surface area (Å²) >= 11 is 0. The van der Waals surface area contributed by atoms with Crippen molar-refractivity contribution < 1.29 is 4.74 Å². The van der Waals surface area contributed by atoms with E-state index in [2.05, 4.69) is 56.3 Å². The molecule has 0 amide bonds. The third-order valence-electron chi connectivity index (χ3n) is 3.53. The highest BCUT2D eigenvalue weighted by atomic mass is 16.5. The fraction of sp³-hybridized carbons (Fsp3) is 0.333. The molecule has 0 saturated carbocycles. The number of hydrogen-bond acceptors (Lipinski definition) is 3. The van der Waals surface area contributed by atoms with Crippen LogP contribution in [0.2, 0.25) is 0 Å². The maximum atomic E-state index is 6.47. The van der Waals surface area contributed by atoms with E-state index in [1.54, 1.807) is 7.11 Å². The predicted molar refractivity (Wildman–Crippen MR) is 87.6 cm³/mol. The third-order valence-corrected chi connectivity index (χ3v) is 3.53. The fourth-order valence-electron chi connectivity index (χ4n) is 2.53. The molecule has 0 fully saturated rings. The van der Waals surface area contributed by atoms with Gasteiger partial charge in [0.1, 0.15) is 5.75 Å². The molecule has 0 bridgehead atoms. The Morgan fingerprint density at radius 2 is 1.90 bits per heavy atom. The lowest BCUT2D eigenvalue weighted by molar-refractivity contribution is 0.402. The van der Waals surface area contributed by atoms with Crippen LogP contribution in [0.3, 0.4) is 0 Å². The molecule has 2 rings (SSSR count). The summed E-state index contributed by atoms with van der Waals surface area (Å²) in [5.41, 5.74) is 11.1. The van der Waals surface area contributed by atoms with Gasteiger partial charge in [-0.05, 0) is 38.2 Å². The van der Waals surface area contributed by atoms with Crippen LogP contribution in [0.5, 0.6) is 5.75 Å². The van der Waals surface area contributed by atoms with Gasteiger partial charge in [-0.25, -0.2) is 0 Å². The molecule has 1 unspecified atom stereocenters. The molecule has 21 heavy (non-hydrogen) atoms. The minimum Gasteiger partial charge on any atom is -0.496 e. The summed E-state index contributed by atoms with van der Waals surface area (Å²) < 4.78 is 5.45. The van der Waals surface area contributed by atoms with Gasteiger partial charge in [0.25, 0.3) is 0 Å². The molecule has 3 nitrogen and oxygen atoms in total. The number of benzene rings is 2. The van der Waals surface area contributed by atoms with Crippen molar-refractivity contribution in [2.45, 2.75) is 19.5 Å². The van der Waals surface area contributed by atoms with E-state index in [1.165, 1.54) is 11.1 Å². The van der Waals surface area contributed by atoms with Crippen molar-refractivity contribution in [1.82, 2.24) is 4.90 Å². The highest BCUT2D eigenvalue weighted by molar-refractivity contribution is 5.44. The number of aryl methyl sites for hydroxylation is 1.